The van der Waals surface area contributed by atoms with E-state index >= 15 is 0 Å². The van der Waals surface area contributed by atoms with Gasteiger partial charge in [-0.15, -0.1) is 0 Å². The van der Waals surface area contributed by atoms with E-state index in [2.05, 4.69) is 54.3 Å². The van der Waals surface area contributed by atoms with Crippen molar-refractivity contribution in [2.45, 2.75) is 13.8 Å². The van der Waals surface area contributed by atoms with E-state index in [-0.39, 0.29) is 0 Å². The number of nitrogens with two attached hydrogens (primary N) is 1. The number of hydrogen-bond acceptors (Lipinski definition) is 6. The molecule has 0 heterocycles. The predicted octanol–water partition coefficient (Wildman–Crippen LogP) is 5.54. The summed E-state index contributed by atoms with van der Waals surface area (Å²) in [6.07, 6.45) is 0. The molecular weight excluding hydrogens is 463 g/mol. The summed E-state index contributed by atoms with van der Waals surface area (Å²) in [6, 6.07) is 28.2. The summed E-state index contributed by atoms with van der Waals surface area (Å²) < 4.78 is 10.2. The minimum Gasteiger partial charge on any atom is -0.511 e. The maximum atomic E-state index is 9.14. The minimum atomic E-state index is -1.83. The van der Waals surface area contributed by atoms with Crippen LogP contribution in [-0.2, 0) is 4.74 Å². The fourth-order valence-corrected chi connectivity index (χ4v) is 4.51. The van der Waals surface area contributed by atoms with E-state index in [1.54, 1.807) is 13.2 Å². The zero-order valence-electron chi connectivity index (χ0n) is 21.5. The third kappa shape index (κ3) is 6.14. The van der Waals surface area contributed by atoms with Gasteiger partial charge in [-0.2, -0.15) is 0 Å². The summed E-state index contributed by atoms with van der Waals surface area (Å²) in [5, 5.41) is 24.6. The van der Waals surface area contributed by atoms with Gasteiger partial charge in [0.05, 0.1) is 6.61 Å². The van der Waals surface area contributed by atoms with Crippen LogP contribution < -0.4 is 15.3 Å². The van der Waals surface area contributed by atoms with Crippen LogP contribution in [0.5, 0.6) is 5.75 Å². The highest BCUT2D eigenvalue weighted by Crippen LogP contribution is 2.35. The first-order chi connectivity index (χ1) is 17.9. The van der Waals surface area contributed by atoms with Crippen LogP contribution in [0.15, 0.2) is 84.9 Å². The Hall–Kier alpha value is -3.78. The second kappa shape index (κ2) is 12.0. The lowest BCUT2D eigenvalue weighted by atomic mass is 9.97. The average molecular weight is 496 g/mol. The van der Waals surface area contributed by atoms with Crippen molar-refractivity contribution in [2.24, 2.45) is 0 Å². The van der Waals surface area contributed by atoms with Crippen molar-refractivity contribution in [1.82, 2.24) is 0 Å². The molecule has 0 fully saturated rings. The van der Waals surface area contributed by atoms with E-state index in [1.807, 2.05) is 43.3 Å². The number of aryl methyl sites for hydroxylation is 1. The Morgan fingerprint density at radius 2 is 1.54 bits per heavy atom. The second-order valence-corrected chi connectivity index (χ2v) is 8.90. The molecule has 6 nitrogen and oxygen atoms in total. The van der Waals surface area contributed by atoms with E-state index in [0.29, 0.717) is 5.75 Å². The first-order valence-electron chi connectivity index (χ1n) is 12.4. The van der Waals surface area contributed by atoms with Gasteiger partial charge >= 0.3 is 7.32 Å². The SMILES string of the molecule is CCN(CCOC)c1ccc(N)c(C)c1.OB(O)Oc1cccc2ccc3cc4ccccc4cc3c12. The van der Waals surface area contributed by atoms with Crippen molar-refractivity contribution >= 4 is 51.0 Å². The highest BCUT2D eigenvalue weighted by molar-refractivity contribution is 6.34. The lowest BCUT2D eigenvalue weighted by Crippen LogP contribution is -2.26. The van der Waals surface area contributed by atoms with E-state index < -0.39 is 7.32 Å². The zero-order valence-corrected chi connectivity index (χ0v) is 21.5. The molecule has 0 aliphatic rings. The molecule has 0 atom stereocenters. The van der Waals surface area contributed by atoms with Crippen LogP contribution in [0.2, 0.25) is 0 Å². The summed E-state index contributed by atoms with van der Waals surface area (Å²) in [5.74, 6) is 0.466. The molecule has 7 heteroatoms. The molecule has 4 N–H and O–H groups in total. The average Bonchev–Trinajstić information content (AvgIpc) is 2.90. The summed E-state index contributed by atoms with van der Waals surface area (Å²) in [7, 11) is -0.108. The van der Waals surface area contributed by atoms with Gasteiger partial charge < -0.3 is 30.1 Å². The fourth-order valence-electron chi connectivity index (χ4n) is 4.51. The molecule has 0 saturated carbocycles. The number of rotatable bonds is 7. The number of benzene rings is 5. The van der Waals surface area contributed by atoms with Gasteiger partial charge in [-0.05, 0) is 82.7 Å². The third-order valence-corrected chi connectivity index (χ3v) is 6.49. The Morgan fingerprint density at radius 3 is 2.22 bits per heavy atom. The molecule has 0 aliphatic carbocycles. The van der Waals surface area contributed by atoms with Gasteiger partial charge in [-0.3, -0.25) is 0 Å². The number of ether oxygens (including phenoxy) is 1. The minimum absolute atomic E-state index is 0.466. The molecule has 5 aromatic rings. The van der Waals surface area contributed by atoms with Gasteiger partial charge in [0.2, 0.25) is 0 Å². The van der Waals surface area contributed by atoms with Crippen LogP contribution in [0.3, 0.4) is 0 Å². The van der Waals surface area contributed by atoms with E-state index in [0.717, 1.165) is 57.9 Å². The van der Waals surface area contributed by atoms with Gasteiger partial charge in [0.15, 0.2) is 0 Å². The van der Waals surface area contributed by atoms with Crippen LogP contribution in [-0.4, -0.2) is 44.2 Å². The Morgan fingerprint density at radius 1 is 0.838 bits per heavy atom. The third-order valence-electron chi connectivity index (χ3n) is 6.49. The molecule has 0 bridgehead atoms. The van der Waals surface area contributed by atoms with Crippen molar-refractivity contribution < 1.29 is 19.4 Å². The van der Waals surface area contributed by atoms with E-state index in [1.165, 1.54) is 11.1 Å². The number of hydrogen-bond donors (Lipinski definition) is 3. The van der Waals surface area contributed by atoms with E-state index in [4.69, 9.17) is 25.2 Å². The summed E-state index contributed by atoms with van der Waals surface area (Å²) in [5.41, 5.74) is 8.97. The standard InChI is InChI=1S/C18H13BO3.C12H20N2O/c20-19(21)22-17-7-3-6-12-8-9-15-10-13-4-1-2-5-14(13)11-16(15)18(12)17;1-4-14(7-8-15-3)11-5-6-12(13)10(2)9-11/h1-11,20-21H;5-6,9H,4,7-8,13H2,1-3H3. The number of fused-ring (bicyclic) bond motifs is 4. The first-order valence-corrected chi connectivity index (χ1v) is 12.4. The summed E-state index contributed by atoms with van der Waals surface area (Å²) in [4.78, 5) is 2.27. The van der Waals surface area contributed by atoms with Crippen molar-refractivity contribution in [3.63, 3.8) is 0 Å². The maximum absolute atomic E-state index is 9.14. The van der Waals surface area contributed by atoms with Crippen molar-refractivity contribution in [3.8, 4) is 5.75 Å². The molecule has 0 unspecified atom stereocenters. The molecule has 0 amide bonds. The molecule has 0 aromatic heterocycles. The van der Waals surface area contributed by atoms with Crippen LogP contribution in [0.1, 0.15) is 12.5 Å². The lowest BCUT2D eigenvalue weighted by molar-refractivity contribution is 0.205. The summed E-state index contributed by atoms with van der Waals surface area (Å²) in [6.45, 7) is 6.81. The zero-order chi connectivity index (χ0) is 26.4. The smallest absolute Gasteiger partial charge is 0.511 e. The molecule has 0 aliphatic heterocycles. The molecule has 190 valence electrons. The van der Waals surface area contributed by atoms with Crippen molar-refractivity contribution in [3.05, 3.63) is 90.5 Å². The van der Waals surface area contributed by atoms with Gasteiger partial charge in [-0.25, -0.2) is 0 Å². The Bertz CT molecular complexity index is 1510. The molecule has 0 spiro atoms. The molecule has 0 radical (unpaired) electrons. The Kier molecular flexibility index (Phi) is 8.51. The normalized spacial score (nSPS) is 10.8. The van der Waals surface area contributed by atoms with Crippen LogP contribution in [0, 0.1) is 6.92 Å². The van der Waals surface area contributed by atoms with Gasteiger partial charge in [-0.1, -0.05) is 48.5 Å². The van der Waals surface area contributed by atoms with Gasteiger partial charge in [0.25, 0.3) is 0 Å². The second-order valence-electron chi connectivity index (χ2n) is 8.90. The van der Waals surface area contributed by atoms with Gasteiger partial charge in [0.1, 0.15) is 5.75 Å². The van der Waals surface area contributed by atoms with E-state index in [9.17, 15) is 0 Å². The monoisotopic (exact) mass is 496 g/mol. The van der Waals surface area contributed by atoms with Crippen molar-refractivity contribution in [2.75, 3.05) is 37.4 Å². The topological polar surface area (TPSA) is 88.2 Å². The number of methoxy groups -OCH3 is 1. The highest BCUT2D eigenvalue weighted by Gasteiger charge is 2.15. The predicted molar refractivity (Wildman–Crippen MR) is 155 cm³/mol. The molecule has 37 heavy (non-hydrogen) atoms. The van der Waals surface area contributed by atoms with Crippen LogP contribution in [0.4, 0.5) is 11.4 Å². The molecule has 5 aromatic carbocycles. The molecule has 5 rings (SSSR count). The molecular formula is C30H33BN2O4. The first kappa shape index (κ1) is 26.3. The highest BCUT2D eigenvalue weighted by atomic mass is 16.6. The number of anilines is 2. The van der Waals surface area contributed by atoms with Gasteiger partial charge in [0, 0.05) is 37.0 Å². The van der Waals surface area contributed by atoms with Crippen molar-refractivity contribution in [1.29, 1.82) is 0 Å². The number of nitrogens with zero attached hydrogens (tertiary/aromatic N) is 1. The Labute approximate surface area is 218 Å². The van der Waals surface area contributed by atoms with Crippen LogP contribution in [0.25, 0.3) is 32.3 Å². The number of likely N-dealkylation sites (N-methyl/N-ethyl adjacent to an activating group) is 1. The largest absolute Gasteiger partial charge is 0.707 e. The number of nitrogen functional groups attached to an aromatic ring is 1. The Balaban J connectivity index is 0.000000188. The maximum Gasteiger partial charge on any atom is 0.707 e. The van der Waals surface area contributed by atoms with Crippen LogP contribution >= 0.6 is 0 Å². The summed E-state index contributed by atoms with van der Waals surface area (Å²) >= 11 is 0. The fraction of sp³-hybridized carbons (Fsp3) is 0.200. The quantitative estimate of drug-likeness (QED) is 0.119. The lowest BCUT2D eigenvalue weighted by Gasteiger charge is -2.23. The molecule has 0 saturated heterocycles.